The van der Waals surface area contributed by atoms with Crippen molar-refractivity contribution in [2.24, 2.45) is 0 Å². The Hall–Kier alpha value is -5.01. The molecule has 1 amide bonds. The van der Waals surface area contributed by atoms with Crippen molar-refractivity contribution in [3.8, 4) is 17.5 Å². The van der Waals surface area contributed by atoms with Crippen LogP contribution < -0.4 is 24.8 Å². The maximum absolute atomic E-state index is 13.5. The number of para-hydroxylation sites is 1. The molecule has 184 valence electrons. The van der Waals surface area contributed by atoms with Gasteiger partial charge in [-0.1, -0.05) is 30.3 Å². The van der Waals surface area contributed by atoms with Crippen LogP contribution in [-0.2, 0) is 4.79 Å². The lowest BCUT2D eigenvalue weighted by atomic mass is 10.2. The number of carbonyl (C=O) groups is 1. The monoisotopic (exact) mass is 512 g/mol. The standard InChI is InChI=1S/C27H20N4O5S/c1-2-36-22-13-11-19(12-14-22)29-25(32)23(17-28)27-30(20-8-4-3-5-9-20)26(33)24(37-27)16-18-7-6-10-21(15-18)31(34)35/h3-16H,2H2,1H3,(H,29,32)/b24-16+,27-23+. The Morgan fingerprint density at radius 2 is 1.86 bits per heavy atom. The Morgan fingerprint density at radius 1 is 1.14 bits per heavy atom. The highest BCUT2D eigenvalue weighted by molar-refractivity contribution is 7.07. The van der Waals surface area contributed by atoms with E-state index in [4.69, 9.17) is 4.74 Å². The van der Waals surface area contributed by atoms with Crippen molar-refractivity contribution < 1.29 is 14.5 Å². The lowest BCUT2D eigenvalue weighted by molar-refractivity contribution is -0.384. The van der Waals surface area contributed by atoms with Crippen LogP contribution in [0.4, 0.5) is 11.4 Å². The van der Waals surface area contributed by atoms with Crippen molar-refractivity contribution in [1.29, 1.82) is 5.26 Å². The molecule has 0 saturated heterocycles. The van der Waals surface area contributed by atoms with Gasteiger partial charge in [-0.05, 0) is 55.0 Å². The smallest absolute Gasteiger partial charge is 0.273 e. The van der Waals surface area contributed by atoms with Gasteiger partial charge < -0.3 is 10.1 Å². The molecular formula is C27H20N4O5S. The van der Waals surface area contributed by atoms with E-state index >= 15 is 0 Å². The van der Waals surface area contributed by atoms with E-state index < -0.39 is 16.4 Å². The van der Waals surface area contributed by atoms with E-state index in [-0.39, 0.29) is 20.5 Å². The Balaban J connectivity index is 1.87. The molecule has 37 heavy (non-hydrogen) atoms. The SMILES string of the molecule is CCOc1ccc(NC(=O)/C(C#N)=c2/s/c(=C/c3cccc([N+](=O)[O-])c3)c(=O)n2-c2ccccc2)cc1. The molecule has 1 N–H and O–H groups in total. The zero-order valence-corrected chi connectivity index (χ0v) is 20.4. The molecule has 0 unspecified atom stereocenters. The highest BCUT2D eigenvalue weighted by Gasteiger charge is 2.17. The van der Waals surface area contributed by atoms with Crippen LogP contribution in [-0.4, -0.2) is 22.0 Å². The van der Waals surface area contributed by atoms with E-state index in [0.29, 0.717) is 29.3 Å². The van der Waals surface area contributed by atoms with Gasteiger partial charge in [0.2, 0.25) is 0 Å². The molecule has 0 atom stereocenters. The van der Waals surface area contributed by atoms with Crippen molar-refractivity contribution in [2.45, 2.75) is 6.92 Å². The summed E-state index contributed by atoms with van der Waals surface area (Å²) in [5.74, 6) is -0.0398. The van der Waals surface area contributed by atoms with E-state index in [1.165, 1.54) is 28.8 Å². The van der Waals surface area contributed by atoms with Crippen LogP contribution in [0.1, 0.15) is 12.5 Å². The van der Waals surface area contributed by atoms with Gasteiger partial charge in [0.15, 0.2) is 5.57 Å². The Kier molecular flexibility index (Phi) is 7.56. The molecule has 0 radical (unpaired) electrons. The highest BCUT2D eigenvalue weighted by atomic mass is 32.1. The van der Waals surface area contributed by atoms with E-state index in [2.05, 4.69) is 5.32 Å². The maximum Gasteiger partial charge on any atom is 0.273 e. The number of hydrogen-bond acceptors (Lipinski definition) is 7. The second kappa shape index (κ2) is 11.2. The van der Waals surface area contributed by atoms with Gasteiger partial charge in [0, 0.05) is 17.8 Å². The highest BCUT2D eigenvalue weighted by Crippen LogP contribution is 2.17. The molecule has 0 aliphatic carbocycles. The number of anilines is 1. The molecular weight excluding hydrogens is 492 g/mol. The molecule has 0 aliphatic heterocycles. The van der Waals surface area contributed by atoms with Crippen LogP contribution in [0.3, 0.4) is 0 Å². The minimum atomic E-state index is -0.681. The summed E-state index contributed by atoms with van der Waals surface area (Å²) in [5.41, 5.74) is 0.538. The number of aromatic nitrogens is 1. The van der Waals surface area contributed by atoms with Crippen LogP contribution in [0.25, 0.3) is 17.3 Å². The quantitative estimate of drug-likeness (QED) is 0.299. The molecule has 0 bridgehead atoms. The largest absolute Gasteiger partial charge is 0.494 e. The molecule has 4 aromatic rings. The van der Waals surface area contributed by atoms with Crippen molar-refractivity contribution in [3.63, 3.8) is 0 Å². The second-order valence-corrected chi connectivity index (χ2v) is 8.67. The predicted octanol–water partition coefficient (Wildman–Crippen LogP) is 3.35. The van der Waals surface area contributed by atoms with Crippen LogP contribution in [0.15, 0.2) is 83.7 Å². The zero-order chi connectivity index (χ0) is 26.4. The first-order valence-electron chi connectivity index (χ1n) is 11.1. The van der Waals surface area contributed by atoms with Gasteiger partial charge >= 0.3 is 0 Å². The summed E-state index contributed by atoms with van der Waals surface area (Å²) in [6, 6.07) is 23.1. The molecule has 3 aromatic carbocycles. The number of amides is 1. The average molecular weight is 513 g/mol. The first-order valence-corrected chi connectivity index (χ1v) is 11.9. The normalized spacial score (nSPS) is 11.9. The third kappa shape index (κ3) is 5.63. The first-order chi connectivity index (χ1) is 17.9. The topological polar surface area (TPSA) is 127 Å². The molecule has 1 aromatic heterocycles. The number of nitrogens with one attached hydrogen (secondary N) is 1. The number of hydrogen-bond donors (Lipinski definition) is 1. The summed E-state index contributed by atoms with van der Waals surface area (Å²) in [5, 5.41) is 23.8. The van der Waals surface area contributed by atoms with E-state index in [0.717, 1.165) is 11.3 Å². The van der Waals surface area contributed by atoms with E-state index in [1.807, 2.05) is 13.0 Å². The lowest BCUT2D eigenvalue weighted by Gasteiger charge is -2.07. The Labute approximate surface area is 215 Å². The number of nitrogens with zero attached hydrogens (tertiary/aromatic N) is 3. The zero-order valence-electron chi connectivity index (χ0n) is 19.6. The van der Waals surface area contributed by atoms with Crippen molar-refractivity contribution in [3.05, 3.63) is 114 Å². The Morgan fingerprint density at radius 3 is 2.51 bits per heavy atom. The first kappa shape index (κ1) is 25.1. The third-order valence-corrected chi connectivity index (χ3v) is 6.29. The van der Waals surface area contributed by atoms with Crippen LogP contribution in [0.2, 0.25) is 0 Å². The molecule has 0 saturated carbocycles. The number of nitro benzene ring substituents is 1. The van der Waals surface area contributed by atoms with E-state index in [9.17, 15) is 25.0 Å². The van der Waals surface area contributed by atoms with Gasteiger partial charge in [-0.25, -0.2) is 0 Å². The molecule has 9 nitrogen and oxygen atoms in total. The fourth-order valence-electron chi connectivity index (χ4n) is 3.53. The van der Waals surface area contributed by atoms with Crippen LogP contribution in [0.5, 0.6) is 5.75 Å². The fraction of sp³-hybridized carbons (Fsp3) is 0.0741. The number of non-ortho nitro benzene ring substituents is 1. The van der Waals surface area contributed by atoms with Crippen molar-refractivity contribution >= 4 is 40.3 Å². The van der Waals surface area contributed by atoms with Gasteiger partial charge in [-0.15, -0.1) is 11.3 Å². The summed E-state index contributed by atoms with van der Waals surface area (Å²) >= 11 is 0.955. The van der Waals surface area contributed by atoms with E-state index in [1.54, 1.807) is 60.7 Å². The summed E-state index contributed by atoms with van der Waals surface area (Å²) in [6.07, 6.45) is 1.50. The minimum absolute atomic E-state index is 0.118. The maximum atomic E-state index is 13.5. The lowest BCUT2D eigenvalue weighted by Crippen LogP contribution is -2.32. The van der Waals surface area contributed by atoms with Gasteiger partial charge in [0.25, 0.3) is 17.2 Å². The van der Waals surface area contributed by atoms with Crippen LogP contribution >= 0.6 is 11.3 Å². The van der Waals surface area contributed by atoms with Crippen LogP contribution in [0, 0.1) is 21.4 Å². The molecule has 0 spiro atoms. The number of rotatable bonds is 7. The summed E-state index contributed by atoms with van der Waals surface area (Å²) in [7, 11) is 0. The average Bonchev–Trinajstić information content (AvgIpc) is 3.21. The molecule has 0 aliphatic rings. The Bertz CT molecular complexity index is 1680. The minimum Gasteiger partial charge on any atom is -0.494 e. The molecule has 10 heteroatoms. The molecule has 4 rings (SSSR count). The number of thiazole rings is 1. The van der Waals surface area contributed by atoms with Crippen molar-refractivity contribution in [2.75, 3.05) is 11.9 Å². The van der Waals surface area contributed by atoms with Crippen molar-refractivity contribution in [1.82, 2.24) is 4.57 Å². The second-order valence-electron chi connectivity index (χ2n) is 7.64. The predicted molar refractivity (Wildman–Crippen MR) is 141 cm³/mol. The summed E-state index contributed by atoms with van der Waals surface area (Å²) in [4.78, 5) is 37.2. The number of benzene rings is 3. The number of nitro groups is 1. The van der Waals surface area contributed by atoms with Gasteiger partial charge in [-0.3, -0.25) is 24.3 Å². The van der Waals surface area contributed by atoms with Gasteiger partial charge in [-0.2, -0.15) is 5.26 Å². The number of ether oxygens (including phenoxy) is 1. The number of carbonyl (C=O) groups excluding carboxylic acids is 1. The van der Waals surface area contributed by atoms with Gasteiger partial charge in [0.1, 0.15) is 16.5 Å². The summed E-state index contributed by atoms with van der Waals surface area (Å²) < 4.78 is 7.05. The molecule has 1 heterocycles. The third-order valence-electron chi connectivity index (χ3n) is 5.19. The summed E-state index contributed by atoms with van der Waals surface area (Å²) in [6.45, 7) is 2.37. The number of nitriles is 1. The van der Waals surface area contributed by atoms with Gasteiger partial charge in [0.05, 0.1) is 21.7 Å². The molecule has 0 fully saturated rings. The fourth-order valence-corrected chi connectivity index (χ4v) is 4.63.